The lowest BCUT2D eigenvalue weighted by molar-refractivity contribution is -0.0548. The van der Waals surface area contributed by atoms with Gasteiger partial charge in [0.05, 0.1) is 5.69 Å². The summed E-state index contributed by atoms with van der Waals surface area (Å²) in [6.07, 6.45) is 1.69. The van der Waals surface area contributed by atoms with Crippen molar-refractivity contribution < 1.29 is 25.9 Å². The van der Waals surface area contributed by atoms with Crippen LogP contribution in [0, 0.1) is 6.92 Å². The molecular formula is C16H14F3NO4S. The van der Waals surface area contributed by atoms with Gasteiger partial charge in [-0.2, -0.15) is 21.6 Å². The van der Waals surface area contributed by atoms with Gasteiger partial charge >= 0.3 is 15.6 Å². The molecule has 25 heavy (non-hydrogen) atoms. The maximum absolute atomic E-state index is 12.7. The van der Waals surface area contributed by atoms with Crippen molar-refractivity contribution in [3.8, 4) is 11.3 Å². The molecule has 2 aromatic rings. The van der Waals surface area contributed by atoms with Crippen molar-refractivity contribution in [3.63, 3.8) is 0 Å². The molecular weight excluding hydrogens is 359 g/mol. The van der Waals surface area contributed by atoms with Crippen molar-refractivity contribution >= 4 is 10.1 Å². The summed E-state index contributed by atoms with van der Waals surface area (Å²) in [6, 6.07) is 8.94. The van der Waals surface area contributed by atoms with E-state index >= 15 is 0 Å². The van der Waals surface area contributed by atoms with Crippen LogP contribution in [-0.4, -0.2) is 18.7 Å². The second kappa shape index (κ2) is 6.75. The van der Waals surface area contributed by atoms with Crippen molar-refractivity contribution in [1.29, 1.82) is 0 Å². The van der Waals surface area contributed by atoms with E-state index in [2.05, 4.69) is 10.9 Å². The van der Waals surface area contributed by atoms with Crippen LogP contribution in [0.2, 0.25) is 0 Å². The van der Waals surface area contributed by atoms with Gasteiger partial charge in [0, 0.05) is 11.6 Å². The van der Waals surface area contributed by atoms with Crippen molar-refractivity contribution in [2.75, 3.05) is 0 Å². The summed E-state index contributed by atoms with van der Waals surface area (Å²) in [5.41, 5.74) is -5.52. The van der Waals surface area contributed by atoms with Crippen LogP contribution in [0.5, 0.6) is 0 Å². The second-order valence-electron chi connectivity index (χ2n) is 5.12. The number of alkyl halides is 3. The Morgan fingerprint density at radius 1 is 1.24 bits per heavy atom. The highest BCUT2D eigenvalue weighted by molar-refractivity contribution is 7.87. The maximum Gasteiger partial charge on any atom is 0.536 e. The average molecular weight is 373 g/mol. The number of allylic oxidation sites excluding steroid dienone is 1. The SMILES string of the molecule is C=CCc1c(C)cc(=O)n(OS(=O)(=O)C(F)(F)F)c1-c1ccccc1. The molecule has 0 saturated carbocycles. The van der Waals surface area contributed by atoms with E-state index in [1.54, 1.807) is 25.1 Å². The monoisotopic (exact) mass is 373 g/mol. The van der Waals surface area contributed by atoms with Crippen LogP contribution in [0.25, 0.3) is 11.3 Å². The van der Waals surface area contributed by atoms with E-state index in [1.165, 1.54) is 18.2 Å². The Labute approximate surface area is 142 Å². The molecule has 1 heterocycles. The molecule has 0 saturated heterocycles. The summed E-state index contributed by atoms with van der Waals surface area (Å²) in [4.78, 5) is 12.2. The minimum Gasteiger partial charge on any atom is -0.277 e. The van der Waals surface area contributed by atoms with Gasteiger partial charge in [0.2, 0.25) is 0 Å². The zero-order valence-corrected chi connectivity index (χ0v) is 13.9. The molecule has 0 unspecified atom stereocenters. The Morgan fingerprint density at radius 3 is 2.36 bits per heavy atom. The van der Waals surface area contributed by atoms with E-state index in [0.29, 0.717) is 16.7 Å². The molecule has 0 N–H and O–H groups in total. The Balaban J connectivity index is 2.82. The fraction of sp³-hybridized carbons (Fsp3) is 0.188. The standard InChI is InChI=1S/C16H14F3NO4S/c1-3-7-13-11(2)10-14(21)20(24-25(22,23)16(17,18)19)15(13)12-8-5-4-6-9-12/h3-6,8-10H,1,7H2,2H3. The van der Waals surface area contributed by atoms with Crippen molar-refractivity contribution in [3.05, 3.63) is 70.5 Å². The molecule has 134 valence electrons. The van der Waals surface area contributed by atoms with Crippen LogP contribution in [-0.2, 0) is 16.5 Å². The molecule has 9 heteroatoms. The van der Waals surface area contributed by atoms with Gasteiger partial charge in [-0.05, 0) is 24.5 Å². The highest BCUT2D eigenvalue weighted by Gasteiger charge is 2.49. The highest BCUT2D eigenvalue weighted by Crippen LogP contribution is 2.28. The predicted octanol–water partition coefficient (Wildman–Crippen LogP) is 2.83. The molecule has 0 atom stereocenters. The third-order valence-corrected chi connectivity index (χ3v) is 4.27. The second-order valence-corrected chi connectivity index (χ2v) is 6.64. The van der Waals surface area contributed by atoms with Gasteiger partial charge in [-0.15, -0.1) is 11.3 Å². The first kappa shape index (κ1) is 18.8. The van der Waals surface area contributed by atoms with Gasteiger partial charge in [-0.1, -0.05) is 36.4 Å². The Bertz CT molecular complexity index is 948. The first-order valence-corrected chi connectivity index (χ1v) is 8.42. The number of aromatic nitrogens is 1. The van der Waals surface area contributed by atoms with Gasteiger partial charge in [-0.25, -0.2) is 0 Å². The molecule has 0 spiro atoms. The predicted molar refractivity (Wildman–Crippen MR) is 86.3 cm³/mol. The summed E-state index contributed by atoms with van der Waals surface area (Å²) < 4.78 is 65.1. The van der Waals surface area contributed by atoms with Gasteiger partial charge in [0.1, 0.15) is 0 Å². The Kier molecular flexibility index (Phi) is 5.07. The van der Waals surface area contributed by atoms with Crippen LogP contribution in [0.1, 0.15) is 11.1 Å². The van der Waals surface area contributed by atoms with Crippen molar-refractivity contribution in [2.24, 2.45) is 0 Å². The van der Waals surface area contributed by atoms with E-state index < -0.39 is 21.2 Å². The quantitative estimate of drug-likeness (QED) is 0.597. The summed E-state index contributed by atoms with van der Waals surface area (Å²) in [7, 11) is -6.01. The fourth-order valence-corrected chi connectivity index (χ4v) is 2.68. The lowest BCUT2D eigenvalue weighted by Gasteiger charge is -2.18. The minimum absolute atomic E-state index is 0.0710. The molecule has 0 aliphatic carbocycles. The number of rotatable bonds is 5. The van der Waals surface area contributed by atoms with Crippen molar-refractivity contribution in [2.45, 2.75) is 18.9 Å². The lowest BCUT2D eigenvalue weighted by Crippen LogP contribution is -2.39. The van der Waals surface area contributed by atoms with Crippen LogP contribution in [0.4, 0.5) is 13.2 Å². The number of aryl methyl sites for hydroxylation is 1. The number of halogens is 3. The lowest BCUT2D eigenvalue weighted by atomic mass is 9.99. The van der Waals surface area contributed by atoms with Crippen molar-refractivity contribution in [1.82, 2.24) is 4.73 Å². The molecule has 2 rings (SSSR count). The van der Waals surface area contributed by atoms with Gasteiger partial charge in [0.15, 0.2) is 0 Å². The molecule has 0 fully saturated rings. The minimum atomic E-state index is -6.01. The topological polar surface area (TPSA) is 65.4 Å². The number of nitrogens with zero attached hydrogens (tertiary/aromatic N) is 1. The van der Waals surface area contributed by atoms with E-state index in [-0.39, 0.29) is 16.8 Å². The molecule has 5 nitrogen and oxygen atoms in total. The Morgan fingerprint density at radius 2 is 1.84 bits per heavy atom. The van der Waals surface area contributed by atoms with Crippen LogP contribution in [0.15, 0.2) is 53.8 Å². The van der Waals surface area contributed by atoms with E-state index in [9.17, 15) is 26.4 Å². The zero-order valence-electron chi connectivity index (χ0n) is 13.1. The van der Waals surface area contributed by atoms with Gasteiger partial charge < -0.3 is 0 Å². The van der Waals surface area contributed by atoms with E-state index in [0.717, 1.165) is 6.07 Å². The Hall–Kier alpha value is -2.55. The zero-order chi connectivity index (χ0) is 18.8. The van der Waals surface area contributed by atoms with E-state index in [4.69, 9.17) is 0 Å². The van der Waals surface area contributed by atoms with Crippen LogP contribution >= 0.6 is 0 Å². The third-order valence-electron chi connectivity index (χ3n) is 3.36. The molecule has 0 aliphatic heterocycles. The summed E-state index contributed by atoms with van der Waals surface area (Å²) >= 11 is 0. The molecule has 0 amide bonds. The largest absolute Gasteiger partial charge is 0.536 e. The molecule has 1 aromatic heterocycles. The maximum atomic E-state index is 12.7. The smallest absolute Gasteiger partial charge is 0.277 e. The van der Waals surface area contributed by atoms with Crippen LogP contribution < -0.4 is 9.84 Å². The first-order valence-electron chi connectivity index (χ1n) is 7.01. The number of hydrogen-bond donors (Lipinski definition) is 0. The summed E-state index contributed by atoms with van der Waals surface area (Å²) in [6.45, 7) is 5.16. The highest BCUT2D eigenvalue weighted by atomic mass is 32.2. The number of pyridine rings is 1. The average Bonchev–Trinajstić information content (AvgIpc) is 2.52. The number of benzene rings is 1. The molecule has 0 aliphatic rings. The normalized spacial score (nSPS) is 12.0. The van der Waals surface area contributed by atoms with Gasteiger partial charge in [0.25, 0.3) is 5.56 Å². The van der Waals surface area contributed by atoms with Crippen LogP contribution in [0.3, 0.4) is 0 Å². The van der Waals surface area contributed by atoms with E-state index in [1.807, 2.05) is 0 Å². The molecule has 0 radical (unpaired) electrons. The first-order chi connectivity index (χ1) is 11.6. The summed E-state index contributed by atoms with van der Waals surface area (Å²) in [5.74, 6) is 0. The van der Waals surface area contributed by atoms with Gasteiger partial charge in [-0.3, -0.25) is 9.08 Å². The third kappa shape index (κ3) is 3.76. The number of hydrogen-bond acceptors (Lipinski definition) is 4. The molecule has 1 aromatic carbocycles. The summed E-state index contributed by atoms with van der Waals surface area (Å²) in [5, 5.41) is 0. The fourth-order valence-electron chi connectivity index (χ4n) is 2.25. The molecule has 0 bridgehead atoms.